The van der Waals surface area contributed by atoms with Crippen molar-refractivity contribution in [2.75, 3.05) is 13.6 Å². The summed E-state index contributed by atoms with van der Waals surface area (Å²) < 4.78 is 5.30. The smallest absolute Gasteiger partial charge is 0.191 e. The quantitative estimate of drug-likeness (QED) is 0.425. The average molecular weight is 434 g/mol. The Bertz CT molecular complexity index is 587. The van der Waals surface area contributed by atoms with Gasteiger partial charge in [0.15, 0.2) is 5.96 Å². The molecule has 2 rings (SSSR count). The van der Waals surface area contributed by atoms with Gasteiger partial charge in [-0.3, -0.25) is 4.99 Å². The zero-order valence-corrected chi connectivity index (χ0v) is 15.8. The van der Waals surface area contributed by atoms with E-state index in [4.69, 9.17) is 16.0 Å². The van der Waals surface area contributed by atoms with Crippen LogP contribution in [0.4, 0.5) is 0 Å². The molecule has 6 heteroatoms. The lowest BCUT2D eigenvalue weighted by molar-refractivity contribution is 0.506. The molecule has 0 amide bonds. The van der Waals surface area contributed by atoms with Crippen LogP contribution in [0.3, 0.4) is 0 Å². The van der Waals surface area contributed by atoms with E-state index in [1.165, 1.54) is 0 Å². The second-order valence-corrected chi connectivity index (χ2v) is 5.12. The van der Waals surface area contributed by atoms with Crippen LogP contribution in [0.15, 0.2) is 52.1 Å². The predicted octanol–water partition coefficient (Wildman–Crippen LogP) is 4.02. The molecular weight excluding hydrogens is 413 g/mol. The second-order valence-electron chi connectivity index (χ2n) is 4.72. The first kappa shape index (κ1) is 18.8. The van der Waals surface area contributed by atoms with Crippen LogP contribution >= 0.6 is 35.6 Å². The lowest BCUT2D eigenvalue weighted by Gasteiger charge is -2.19. The fraction of sp³-hybridized carbons (Fsp3) is 0.312. The fourth-order valence-electron chi connectivity index (χ4n) is 2.06. The lowest BCUT2D eigenvalue weighted by atomic mass is 10.1. The molecule has 0 aliphatic heterocycles. The summed E-state index contributed by atoms with van der Waals surface area (Å²) in [4.78, 5) is 4.22. The molecule has 0 spiro atoms. The van der Waals surface area contributed by atoms with Crippen molar-refractivity contribution >= 4 is 41.5 Å². The molecule has 0 fully saturated rings. The Balaban J connectivity index is 0.00000242. The molecule has 22 heavy (non-hydrogen) atoms. The van der Waals surface area contributed by atoms with Crippen molar-refractivity contribution in [1.29, 1.82) is 0 Å². The molecule has 1 unspecified atom stereocenters. The highest BCUT2D eigenvalue weighted by atomic mass is 127. The highest BCUT2D eigenvalue weighted by molar-refractivity contribution is 14.0. The van der Waals surface area contributed by atoms with Gasteiger partial charge >= 0.3 is 0 Å². The second kappa shape index (κ2) is 9.74. The minimum Gasteiger partial charge on any atom is -0.469 e. The number of furan rings is 1. The summed E-state index contributed by atoms with van der Waals surface area (Å²) in [5, 5.41) is 7.34. The molecule has 0 saturated carbocycles. The average Bonchev–Trinajstić information content (AvgIpc) is 2.99. The van der Waals surface area contributed by atoms with E-state index in [1.807, 2.05) is 36.4 Å². The van der Waals surface area contributed by atoms with E-state index in [-0.39, 0.29) is 30.0 Å². The normalized spacial score (nSPS) is 12.4. The molecule has 1 aromatic heterocycles. The van der Waals surface area contributed by atoms with Crippen molar-refractivity contribution in [2.24, 2.45) is 4.99 Å². The molecule has 0 aliphatic carbocycles. The minimum absolute atomic E-state index is 0. The van der Waals surface area contributed by atoms with Crippen LogP contribution in [0.2, 0.25) is 5.02 Å². The summed E-state index contributed by atoms with van der Waals surface area (Å²) >= 11 is 6.20. The van der Waals surface area contributed by atoms with Crippen molar-refractivity contribution in [3.05, 3.63) is 59.0 Å². The molecule has 2 N–H and O–H groups in total. The zero-order valence-electron chi connectivity index (χ0n) is 12.7. The van der Waals surface area contributed by atoms with Gasteiger partial charge < -0.3 is 15.1 Å². The first-order chi connectivity index (χ1) is 10.2. The van der Waals surface area contributed by atoms with Crippen molar-refractivity contribution in [1.82, 2.24) is 10.6 Å². The molecule has 120 valence electrons. The maximum atomic E-state index is 6.20. The number of benzene rings is 1. The zero-order chi connectivity index (χ0) is 15.1. The predicted molar refractivity (Wildman–Crippen MR) is 102 cm³/mol. The molecule has 2 aromatic rings. The van der Waals surface area contributed by atoms with Crippen LogP contribution < -0.4 is 10.6 Å². The summed E-state index contributed by atoms with van der Waals surface area (Å²) in [5.74, 6) is 1.70. The molecule has 0 radical (unpaired) electrons. The Kier molecular flexibility index (Phi) is 8.34. The van der Waals surface area contributed by atoms with Gasteiger partial charge in [-0.05, 0) is 30.7 Å². The highest BCUT2D eigenvalue weighted by Crippen LogP contribution is 2.21. The lowest BCUT2D eigenvalue weighted by Crippen LogP contribution is -2.39. The summed E-state index contributed by atoms with van der Waals surface area (Å²) in [6.45, 7) is 2.81. The number of guanidine groups is 1. The molecule has 1 atom stereocenters. The minimum atomic E-state index is 0. The molecule has 1 aromatic carbocycles. The fourth-order valence-corrected chi connectivity index (χ4v) is 2.36. The molecule has 0 bridgehead atoms. The van der Waals surface area contributed by atoms with Crippen LogP contribution in [0.1, 0.15) is 24.3 Å². The Morgan fingerprint density at radius 2 is 2.05 bits per heavy atom. The van der Waals surface area contributed by atoms with Crippen molar-refractivity contribution < 1.29 is 4.42 Å². The number of hydrogen-bond acceptors (Lipinski definition) is 2. The number of rotatable bonds is 5. The van der Waals surface area contributed by atoms with E-state index < -0.39 is 0 Å². The summed E-state index contributed by atoms with van der Waals surface area (Å²) in [5.41, 5.74) is 1.05. The van der Waals surface area contributed by atoms with Crippen molar-refractivity contribution in [2.45, 2.75) is 19.4 Å². The van der Waals surface area contributed by atoms with Crippen LogP contribution in [-0.2, 0) is 6.42 Å². The Labute approximate surface area is 153 Å². The van der Waals surface area contributed by atoms with E-state index in [0.29, 0.717) is 0 Å². The van der Waals surface area contributed by atoms with E-state index in [1.54, 1.807) is 13.3 Å². The maximum absolute atomic E-state index is 6.20. The van der Waals surface area contributed by atoms with Crippen LogP contribution in [0, 0.1) is 0 Å². The van der Waals surface area contributed by atoms with Gasteiger partial charge in [0.1, 0.15) is 5.76 Å². The number of nitrogens with one attached hydrogen (secondary N) is 2. The van der Waals surface area contributed by atoms with Crippen LogP contribution in [-0.4, -0.2) is 19.6 Å². The van der Waals surface area contributed by atoms with Gasteiger partial charge in [0.2, 0.25) is 0 Å². The standard InChI is InChI=1S/C16H20ClN3O.HI/c1-12(14-7-3-4-8-15(14)17)20-16(18-2)19-10-9-13-6-5-11-21-13;/h3-8,11-12H,9-10H2,1-2H3,(H2,18,19,20);1H. The van der Waals surface area contributed by atoms with E-state index in [9.17, 15) is 0 Å². The van der Waals surface area contributed by atoms with Gasteiger partial charge in [0.05, 0.1) is 12.3 Å². The Morgan fingerprint density at radius 3 is 2.68 bits per heavy atom. The molecular formula is C16H21ClIN3O. The third-order valence-electron chi connectivity index (χ3n) is 3.19. The third kappa shape index (κ3) is 5.53. The van der Waals surface area contributed by atoms with E-state index >= 15 is 0 Å². The summed E-state index contributed by atoms with van der Waals surface area (Å²) in [7, 11) is 1.75. The topological polar surface area (TPSA) is 49.6 Å². The van der Waals surface area contributed by atoms with Crippen molar-refractivity contribution in [3.8, 4) is 0 Å². The van der Waals surface area contributed by atoms with Crippen molar-refractivity contribution in [3.63, 3.8) is 0 Å². The number of aliphatic imine (C=N–C) groups is 1. The van der Waals surface area contributed by atoms with Gasteiger partial charge in [-0.25, -0.2) is 0 Å². The van der Waals surface area contributed by atoms with E-state index in [2.05, 4.69) is 22.5 Å². The number of halogens is 2. The van der Waals surface area contributed by atoms with Crippen LogP contribution in [0.25, 0.3) is 0 Å². The van der Waals surface area contributed by atoms with Gasteiger partial charge in [0.25, 0.3) is 0 Å². The number of hydrogen-bond donors (Lipinski definition) is 2. The van der Waals surface area contributed by atoms with Gasteiger partial charge in [-0.1, -0.05) is 29.8 Å². The largest absolute Gasteiger partial charge is 0.469 e. The Morgan fingerprint density at radius 1 is 1.27 bits per heavy atom. The SMILES string of the molecule is CN=C(NCCc1ccco1)NC(C)c1ccccc1Cl.I. The maximum Gasteiger partial charge on any atom is 0.191 e. The van der Waals surface area contributed by atoms with Gasteiger partial charge in [-0.2, -0.15) is 0 Å². The first-order valence-corrected chi connectivity index (χ1v) is 7.32. The Hall–Kier alpha value is -1.21. The molecule has 4 nitrogen and oxygen atoms in total. The third-order valence-corrected chi connectivity index (χ3v) is 3.54. The van der Waals surface area contributed by atoms with E-state index in [0.717, 1.165) is 35.3 Å². The summed E-state index contributed by atoms with van der Waals surface area (Å²) in [6.07, 6.45) is 2.50. The van der Waals surface area contributed by atoms with Crippen LogP contribution in [0.5, 0.6) is 0 Å². The monoisotopic (exact) mass is 433 g/mol. The van der Waals surface area contributed by atoms with Gasteiger partial charge in [-0.15, -0.1) is 24.0 Å². The molecule has 0 saturated heterocycles. The molecule has 1 heterocycles. The van der Waals surface area contributed by atoms with Gasteiger partial charge in [0, 0.05) is 25.0 Å². The summed E-state index contributed by atoms with van der Waals surface area (Å²) in [6, 6.07) is 11.7. The molecule has 0 aliphatic rings. The first-order valence-electron chi connectivity index (χ1n) is 6.94. The number of nitrogens with zero attached hydrogens (tertiary/aromatic N) is 1. The highest BCUT2D eigenvalue weighted by Gasteiger charge is 2.10.